The molecule has 2 heterocycles. The number of piperazine rings is 1. The van der Waals surface area contributed by atoms with Crippen LogP contribution in [0.15, 0.2) is 42.5 Å². The van der Waals surface area contributed by atoms with Crippen LogP contribution in [-0.4, -0.2) is 67.2 Å². The van der Waals surface area contributed by atoms with E-state index in [4.69, 9.17) is 14.2 Å². The van der Waals surface area contributed by atoms with Gasteiger partial charge in [0.1, 0.15) is 0 Å². The van der Waals surface area contributed by atoms with Gasteiger partial charge in [0.15, 0.2) is 11.5 Å². The first-order chi connectivity index (χ1) is 15.5. The average Bonchev–Trinajstić information content (AvgIpc) is 3.27. The van der Waals surface area contributed by atoms with Gasteiger partial charge in [0, 0.05) is 32.7 Å². The van der Waals surface area contributed by atoms with E-state index in [2.05, 4.69) is 10.2 Å². The molecule has 4 rings (SSSR count). The lowest BCUT2D eigenvalue weighted by Gasteiger charge is -2.34. The fourth-order valence-corrected chi connectivity index (χ4v) is 3.70. The minimum Gasteiger partial charge on any atom is -0.462 e. The van der Waals surface area contributed by atoms with E-state index in [1.807, 2.05) is 18.2 Å². The number of carbonyl (C=O) groups is 3. The Morgan fingerprint density at radius 2 is 1.75 bits per heavy atom. The quantitative estimate of drug-likeness (QED) is 0.561. The number of carbonyl (C=O) groups excluding carboxylic acids is 3. The molecule has 9 heteroatoms. The van der Waals surface area contributed by atoms with E-state index in [1.165, 1.54) is 4.90 Å². The smallest absolute Gasteiger partial charge is 0.340 e. The van der Waals surface area contributed by atoms with Crippen molar-refractivity contribution in [1.82, 2.24) is 9.80 Å². The zero-order chi connectivity index (χ0) is 22.5. The van der Waals surface area contributed by atoms with E-state index < -0.39 is 17.8 Å². The van der Waals surface area contributed by atoms with Crippen LogP contribution in [0.2, 0.25) is 0 Å². The summed E-state index contributed by atoms with van der Waals surface area (Å²) >= 11 is 0. The summed E-state index contributed by atoms with van der Waals surface area (Å²) in [5, 5.41) is 2.55. The third kappa shape index (κ3) is 4.83. The van der Waals surface area contributed by atoms with Crippen molar-refractivity contribution in [2.75, 3.05) is 44.9 Å². The van der Waals surface area contributed by atoms with Crippen LogP contribution in [0.1, 0.15) is 22.8 Å². The maximum Gasteiger partial charge on any atom is 0.340 e. The van der Waals surface area contributed by atoms with Gasteiger partial charge in [0.2, 0.25) is 6.79 Å². The lowest BCUT2D eigenvalue weighted by atomic mass is 10.1. The molecule has 0 unspecified atom stereocenters. The largest absolute Gasteiger partial charge is 0.462 e. The highest BCUT2D eigenvalue weighted by atomic mass is 16.7. The van der Waals surface area contributed by atoms with Crippen molar-refractivity contribution in [3.63, 3.8) is 0 Å². The third-order valence-electron chi connectivity index (χ3n) is 5.37. The Hall–Kier alpha value is -3.59. The van der Waals surface area contributed by atoms with E-state index in [0.717, 1.165) is 23.6 Å². The summed E-state index contributed by atoms with van der Waals surface area (Å²) in [4.78, 5) is 41.0. The molecule has 2 amide bonds. The van der Waals surface area contributed by atoms with E-state index in [-0.39, 0.29) is 24.7 Å². The molecule has 0 radical (unpaired) electrons. The van der Waals surface area contributed by atoms with Crippen LogP contribution in [0, 0.1) is 0 Å². The van der Waals surface area contributed by atoms with Crippen molar-refractivity contribution in [2.45, 2.75) is 13.5 Å². The molecule has 32 heavy (non-hydrogen) atoms. The van der Waals surface area contributed by atoms with E-state index in [9.17, 15) is 14.4 Å². The maximum atomic E-state index is 12.7. The van der Waals surface area contributed by atoms with Gasteiger partial charge in [-0.2, -0.15) is 0 Å². The summed E-state index contributed by atoms with van der Waals surface area (Å²) in [7, 11) is 0. The zero-order valence-corrected chi connectivity index (χ0v) is 17.8. The first-order valence-electron chi connectivity index (χ1n) is 10.5. The Labute approximate surface area is 185 Å². The third-order valence-corrected chi connectivity index (χ3v) is 5.37. The molecule has 168 valence electrons. The summed E-state index contributed by atoms with van der Waals surface area (Å²) < 4.78 is 15.8. The summed E-state index contributed by atoms with van der Waals surface area (Å²) in [6.45, 7) is 5.06. The minimum absolute atomic E-state index is 0.212. The monoisotopic (exact) mass is 439 g/mol. The van der Waals surface area contributed by atoms with Crippen LogP contribution in [0.25, 0.3) is 0 Å². The fraction of sp³-hybridized carbons (Fsp3) is 0.348. The summed E-state index contributed by atoms with van der Waals surface area (Å²) in [5.41, 5.74) is 1.57. The molecule has 1 saturated heterocycles. The van der Waals surface area contributed by atoms with Gasteiger partial charge >= 0.3 is 17.8 Å². The molecule has 2 aromatic carbocycles. The van der Waals surface area contributed by atoms with Crippen LogP contribution in [0.5, 0.6) is 11.5 Å². The SMILES string of the molecule is CCOC(=O)c1ccccc1NC(=O)C(=O)N1CCN(Cc2ccc3c(c2)OCO3)CC1. The van der Waals surface area contributed by atoms with Crippen molar-refractivity contribution in [3.8, 4) is 11.5 Å². The molecule has 0 bridgehead atoms. The highest BCUT2D eigenvalue weighted by molar-refractivity contribution is 6.39. The summed E-state index contributed by atoms with van der Waals surface area (Å²) in [6, 6.07) is 12.3. The van der Waals surface area contributed by atoms with Crippen molar-refractivity contribution < 1.29 is 28.6 Å². The van der Waals surface area contributed by atoms with Gasteiger partial charge in [0.25, 0.3) is 0 Å². The number of nitrogens with one attached hydrogen (secondary N) is 1. The number of para-hydroxylation sites is 1. The van der Waals surface area contributed by atoms with Crippen LogP contribution >= 0.6 is 0 Å². The molecule has 2 aliphatic rings. The number of hydrogen-bond donors (Lipinski definition) is 1. The molecular formula is C23H25N3O6. The van der Waals surface area contributed by atoms with E-state index in [0.29, 0.717) is 26.2 Å². The molecule has 1 N–H and O–H groups in total. The van der Waals surface area contributed by atoms with Crippen LogP contribution in [0.3, 0.4) is 0 Å². The number of esters is 1. The zero-order valence-electron chi connectivity index (χ0n) is 17.8. The van der Waals surface area contributed by atoms with Crippen LogP contribution in [-0.2, 0) is 20.9 Å². The van der Waals surface area contributed by atoms with Gasteiger partial charge in [-0.1, -0.05) is 18.2 Å². The molecule has 9 nitrogen and oxygen atoms in total. The highest BCUT2D eigenvalue weighted by Gasteiger charge is 2.27. The number of ether oxygens (including phenoxy) is 3. The Morgan fingerprint density at radius 1 is 1.00 bits per heavy atom. The van der Waals surface area contributed by atoms with Crippen molar-refractivity contribution in [1.29, 1.82) is 0 Å². The van der Waals surface area contributed by atoms with Crippen LogP contribution in [0.4, 0.5) is 5.69 Å². The Balaban J connectivity index is 1.31. The number of amides is 2. The van der Waals surface area contributed by atoms with E-state index in [1.54, 1.807) is 31.2 Å². The number of nitrogens with zero attached hydrogens (tertiary/aromatic N) is 2. The number of anilines is 1. The highest BCUT2D eigenvalue weighted by Crippen LogP contribution is 2.32. The number of rotatable bonds is 5. The summed E-state index contributed by atoms with van der Waals surface area (Å²) in [5.74, 6) is -0.443. The molecule has 0 atom stereocenters. The van der Waals surface area contributed by atoms with Gasteiger partial charge < -0.3 is 24.4 Å². The standard InChI is InChI=1S/C23H25N3O6/c1-2-30-23(29)17-5-3-4-6-18(17)24-21(27)22(28)26-11-9-25(10-12-26)14-16-7-8-19-20(13-16)32-15-31-19/h3-8,13H,2,9-12,14-15H2,1H3,(H,24,27). The first kappa shape index (κ1) is 21.6. The molecular weight excluding hydrogens is 414 g/mol. The van der Waals surface area contributed by atoms with Crippen molar-refractivity contribution >= 4 is 23.5 Å². The lowest BCUT2D eigenvalue weighted by molar-refractivity contribution is -0.144. The molecule has 0 spiro atoms. The second-order valence-electron chi connectivity index (χ2n) is 7.48. The molecule has 0 saturated carbocycles. The second-order valence-corrected chi connectivity index (χ2v) is 7.48. The van der Waals surface area contributed by atoms with Gasteiger partial charge in [-0.25, -0.2) is 4.79 Å². The number of fused-ring (bicyclic) bond motifs is 1. The lowest BCUT2D eigenvalue weighted by Crippen LogP contribution is -2.51. The first-order valence-corrected chi connectivity index (χ1v) is 10.5. The number of hydrogen-bond acceptors (Lipinski definition) is 7. The van der Waals surface area contributed by atoms with Gasteiger partial charge in [-0.15, -0.1) is 0 Å². The predicted octanol–water partition coefficient (Wildman–Crippen LogP) is 1.87. The molecule has 2 aliphatic heterocycles. The maximum absolute atomic E-state index is 12.7. The molecule has 0 aromatic heterocycles. The van der Waals surface area contributed by atoms with E-state index >= 15 is 0 Å². The Morgan fingerprint density at radius 3 is 2.53 bits per heavy atom. The molecule has 1 fully saturated rings. The Kier molecular flexibility index (Phi) is 6.55. The topological polar surface area (TPSA) is 97.4 Å². The van der Waals surface area contributed by atoms with Gasteiger partial charge in [0.05, 0.1) is 17.9 Å². The van der Waals surface area contributed by atoms with Gasteiger partial charge in [-0.3, -0.25) is 14.5 Å². The normalized spacial score (nSPS) is 15.3. The molecule has 0 aliphatic carbocycles. The average molecular weight is 439 g/mol. The summed E-state index contributed by atoms with van der Waals surface area (Å²) in [6.07, 6.45) is 0. The molecule has 2 aromatic rings. The van der Waals surface area contributed by atoms with Gasteiger partial charge in [-0.05, 0) is 36.8 Å². The Bertz CT molecular complexity index is 1020. The minimum atomic E-state index is -0.772. The number of benzene rings is 2. The predicted molar refractivity (Wildman–Crippen MR) is 115 cm³/mol. The van der Waals surface area contributed by atoms with Crippen molar-refractivity contribution in [2.24, 2.45) is 0 Å². The second kappa shape index (κ2) is 9.69. The fourth-order valence-electron chi connectivity index (χ4n) is 3.70. The van der Waals surface area contributed by atoms with Crippen LogP contribution < -0.4 is 14.8 Å². The van der Waals surface area contributed by atoms with Crippen molar-refractivity contribution in [3.05, 3.63) is 53.6 Å².